The van der Waals surface area contributed by atoms with E-state index in [4.69, 9.17) is 11.6 Å². The Morgan fingerprint density at radius 2 is 1.38 bits per heavy atom. The van der Waals surface area contributed by atoms with E-state index in [1.54, 1.807) is 30.3 Å². The number of hydrogen-bond acceptors (Lipinski definition) is 3. The van der Waals surface area contributed by atoms with Crippen LogP contribution in [0.5, 0.6) is 0 Å². The lowest BCUT2D eigenvalue weighted by molar-refractivity contribution is -0.143. The zero-order valence-corrected chi connectivity index (χ0v) is 22.5. The second-order valence-electron chi connectivity index (χ2n) is 9.31. The first kappa shape index (κ1) is 31.0. The molecule has 3 aromatic carbocycles. The summed E-state index contributed by atoms with van der Waals surface area (Å²) in [6, 6.07) is 11.5. The van der Waals surface area contributed by atoms with Gasteiger partial charge in [-0.15, -0.1) is 0 Å². The van der Waals surface area contributed by atoms with Crippen LogP contribution in [-0.4, -0.2) is 50.9 Å². The molecular formula is C28H26ClF6N3O2. The molecule has 3 aromatic rings. The fraction of sp³-hybridized carbons (Fsp3) is 0.286. The van der Waals surface area contributed by atoms with Gasteiger partial charge in [0, 0.05) is 35.3 Å². The molecule has 0 unspecified atom stereocenters. The van der Waals surface area contributed by atoms with Crippen LogP contribution in [0.25, 0.3) is 11.1 Å². The second-order valence-corrected chi connectivity index (χ2v) is 9.75. The largest absolute Gasteiger partial charge is 0.416 e. The Hall–Kier alpha value is -3.57. The topological polar surface area (TPSA) is 52.7 Å². The van der Waals surface area contributed by atoms with E-state index in [1.807, 2.05) is 19.0 Å². The van der Waals surface area contributed by atoms with Gasteiger partial charge < -0.3 is 15.1 Å². The van der Waals surface area contributed by atoms with Gasteiger partial charge in [-0.2, -0.15) is 26.3 Å². The molecule has 0 bridgehead atoms. The molecule has 0 fully saturated rings. The Labute approximate surface area is 232 Å². The highest BCUT2D eigenvalue weighted by atomic mass is 35.5. The third-order valence-corrected chi connectivity index (χ3v) is 6.24. The highest BCUT2D eigenvalue weighted by Gasteiger charge is 2.38. The Balaban J connectivity index is 2.07. The van der Waals surface area contributed by atoms with Gasteiger partial charge in [-0.25, -0.2) is 0 Å². The summed E-state index contributed by atoms with van der Waals surface area (Å²) in [7, 11) is 4.99. The molecule has 2 amide bonds. The molecule has 0 heterocycles. The smallest absolute Gasteiger partial charge is 0.352 e. The fourth-order valence-electron chi connectivity index (χ4n) is 3.90. The molecule has 3 rings (SSSR count). The molecule has 0 saturated carbocycles. The lowest BCUT2D eigenvalue weighted by atomic mass is 9.99. The van der Waals surface area contributed by atoms with Crippen molar-refractivity contribution in [3.63, 3.8) is 0 Å². The van der Waals surface area contributed by atoms with Crippen LogP contribution < -0.4 is 10.2 Å². The maximum absolute atomic E-state index is 13.4. The van der Waals surface area contributed by atoms with Gasteiger partial charge in [0.25, 0.3) is 11.8 Å². The molecule has 5 nitrogen and oxygen atoms in total. The third kappa shape index (κ3) is 7.76. The minimum atomic E-state index is -5.12. The van der Waals surface area contributed by atoms with E-state index in [-0.39, 0.29) is 17.3 Å². The maximum atomic E-state index is 13.4. The van der Waals surface area contributed by atoms with Crippen LogP contribution >= 0.6 is 11.6 Å². The molecular weight excluding hydrogens is 560 g/mol. The number of halogens is 7. The first-order chi connectivity index (χ1) is 18.6. The number of hydrogen-bond donors (Lipinski definition) is 1. The van der Waals surface area contributed by atoms with Crippen LogP contribution in [0.2, 0.25) is 5.02 Å². The van der Waals surface area contributed by atoms with E-state index in [9.17, 15) is 35.9 Å². The summed E-state index contributed by atoms with van der Waals surface area (Å²) >= 11 is 5.98. The SMILES string of the molecule is CN(C)CCCNC(=O)c1ccc(-c2ccc(Cl)cc2)c(N(C)C(=O)c2cc(C(F)(F)F)cc(C(F)(F)F)c2)c1. The summed E-state index contributed by atoms with van der Waals surface area (Å²) in [6.45, 7) is 1.10. The summed E-state index contributed by atoms with van der Waals surface area (Å²) < 4.78 is 80.4. The number of rotatable bonds is 8. The fourth-order valence-corrected chi connectivity index (χ4v) is 4.03. The predicted molar refractivity (Wildman–Crippen MR) is 142 cm³/mol. The Kier molecular flexibility index (Phi) is 9.52. The number of anilines is 1. The summed E-state index contributed by atoms with van der Waals surface area (Å²) in [6.07, 6.45) is -9.56. The minimum Gasteiger partial charge on any atom is -0.352 e. The average Bonchev–Trinajstić information content (AvgIpc) is 2.89. The van der Waals surface area contributed by atoms with Gasteiger partial charge in [0.15, 0.2) is 0 Å². The highest BCUT2D eigenvalue weighted by molar-refractivity contribution is 6.30. The maximum Gasteiger partial charge on any atom is 0.416 e. The zero-order valence-electron chi connectivity index (χ0n) is 21.8. The van der Waals surface area contributed by atoms with Crippen LogP contribution in [0.3, 0.4) is 0 Å². The Morgan fingerprint density at radius 3 is 1.90 bits per heavy atom. The van der Waals surface area contributed by atoms with Crippen molar-refractivity contribution in [2.75, 3.05) is 39.1 Å². The summed E-state index contributed by atoms with van der Waals surface area (Å²) in [4.78, 5) is 29.0. The minimum absolute atomic E-state index is 0.0445. The first-order valence-electron chi connectivity index (χ1n) is 12.0. The van der Waals surface area contributed by atoms with Crippen LogP contribution in [0.4, 0.5) is 32.0 Å². The average molecular weight is 586 g/mol. The number of carbonyl (C=O) groups excluding carboxylic acids is 2. The summed E-state index contributed by atoms with van der Waals surface area (Å²) in [5.74, 6) is -1.59. The molecule has 1 N–H and O–H groups in total. The zero-order chi connectivity index (χ0) is 29.8. The van der Waals surface area contributed by atoms with Crippen molar-refractivity contribution in [3.8, 4) is 11.1 Å². The summed E-state index contributed by atoms with van der Waals surface area (Å²) in [5.41, 5.74) is -2.83. The van der Waals surface area contributed by atoms with E-state index < -0.39 is 40.9 Å². The van der Waals surface area contributed by atoms with E-state index in [0.717, 1.165) is 11.4 Å². The molecule has 0 aliphatic carbocycles. The van der Waals surface area contributed by atoms with Crippen molar-refractivity contribution in [1.29, 1.82) is 0 Å². The molecule has 0 radical (unpaired) electrons. The molecule has 0 aliphatic heterocycles. The number of carbonyl (C=O) groups is 2. The Bertz CT molecular complexity index is 1340. The van der Waals surface area contributed by atoms with Gasteiger partial charge in [0.1, 0.15) is 0 Å². The van der Waals surface area contributed by atoms with Gasteiger partial charge >= 0.3 is 12.4 Å². The van der Waals surface area contributed by atoms with Crippen molar-refractivity contribution in [2.24, 2.45) is 0 Å². The molecule has 0 atom stereocenters. The quantitative estimate of drug-likeness (QED) is 0.229. The van der Waals surface area contributed by atoms with E-state index >= 15 is 0 Å². The molecule has 40 heavy (non-hydrogen) atoms. The lowest BCUT2D eigenvalue weighted by Crippen LogP contribution is -2.29. The molecule has 0 saturated heterocycles. The number of benzene rings is 3. The normalized spacial score (nSPS) is 12.0. The lowest BCUT2D eigenvalue weighted by Gasteiger charge is -2.23. The van der Waals surface area contributed by atoms with Gasteiger partial charge in [-0.1, -0.05) is 29.8 Å². The van der Waals surface area contributed by atoms with Gasteiger partial charge in [0.05, 0.1) is 16.8 Å². The van der Waals surface area contributed by atoms with Gasteiger partial charge in [0.2, 0.25) is 0 Å². The molecule has 0 spiro atoms. The number of nitrogens with one attached hydrogen (secondary N) is 1. The van der Waals surface area contributed by atoms with Gasteiger partial charge in [-0.3, -0.25) is 9.59 Å². The van der Waals surface area contributed by atoms with Gasteiger partial charge in [-0.05, 0) is 75.1 Å². The van der Waals surface area contributed by atoms with E-state index in [0.29, 0.717) is 41.2 Å². The van der Waals surface area contributed by atoms with Crippen LogP contribution in [0.15, 0.2) is 60.7 Å². The van der Waals surface area contributed by atoms with Crippen molar-refractivity contribution < 1.29 is 35.9 Å². The first-order valence-corrected chi connectivity index (χ1v) is 12.4. The molecule has 12 heteroatoms. The number of alkyl halides is 6. The molecule has 214 valence electrons. The van der Waals surface area contributed by atoms with Crippen molar-refractivity contribution >= 4 is 29.1 Å². The number of nitrogens with zero attached hydrogens (tertiary/aromatic N) is 2. The van der Waals surface area contributed by atoms with Crippen LogP contribution in [-0.2, 0) is 12.4 Å². The van der Waals surface area contributed by atoms with Crippen molar-refractivity contribution in [1.82, 2.24) is 10.2 Å². The Morgan fingerprint density at radius 1 is 0.800 bits per heavy atom. The summed E-state index contributed by atoms with van der Waals surface area (Å²) in [5, 5.41) is 3.18. The molecule has 0 aromatic heterocycles. The highest BCUT2D eigenvalue weighted by Crippen LogP contribution is 2.38. The van der Waals surface area contributed by atoms with E-state index in [2.05, 4.69) is 5.32 Å². The van der Waals surface area contributed by atoms with E-state index in [1.165, 1.54) is 19.2 Å². The van der Waals surface area contributed by atoms with Crippen LogP contribution in [0.1, 0.15) is 38.3 Å². The second kappa shape index (κ2) is 12.3. The monoisotopic (exact) mass is 585 g/mol. The predicted octanol–water partition coefficient (Wildman–Crippen LogP) is 7.00. The number of amides is 2. The van der Waals surface area contributed by atoms with Crippen LogP contribution in [0, 0.1) is 0 Å². The standard InChI is InChI=1S/C28H26ClF6N3O2/c1-37(2)12-4-11-36-25(39)18-7-10-23(17-5-8-22(29)9-6-17)24(15-18)38(3)26(40)19-13-20(27(30,31)32)16-21(14-19)28(33,34)35/h5-10,13-16H,4,11-12H2,1-3H3,(H,36,39). The van der Waals surface area contributed by atoms with Crippen molar-refractivity contribution in [2.45, 2.75) is 18.8 Å². The van der Waals surface area contributed by atoms with Crippen molar-refractivity contribution in [3.05, 3.63) is 87.9 Å². The third-order valence-electron chi connectivity index (χ3n) is 5.98. The molecule has 0 aliphatic rings.